The van der Waals surface area contributed by atoms with Crippen LogP contribution in [0.4, 0.5) is 24.7 Å². The lowest BCUT2D eigenvalue weighted by Crippen LogP contribution is -2.46. The minimum Gasteiger partial charge on any atom is -0.360 e. The SMILES string of the molecule is FC(F)(F)c1cnc(N2CCC(NC(=S)Nc3ccccc3)CC2)c(Cl)c1. The third kappa shape index (κ3) is 5.23. The molecule has 0 amide bonds. The summed E-state index contributed by atoms with van der Waals surface area (Å²) in [4.78, 5) is 5.82. The van der Waals surface area contributed by atoms with Crippen molar-refractivity contribution >= 4 is 40.4 Å². The monoisotopic (exact) mass is 414 g/mol. The fourth-order valence-corrected chi connectivity index (χ4v) is 3.50. The largest absolute Gasteiger partial charge is 0.417 e. The second-order valence-corrected chi connectivity index (χ2v) is 7.07. The minimum absolute atomic E-state index is 0.0116. The van der Waals surface area contributed by atoms with Crippen LogP contribution in [0.2, 0.25) is 5.02 Å². The second-order valence-electron chi connectivity index (χ2n) is 6.25. The maximum Gasteiger partial charge on any atom is 0.417 e. The highest BCUT2D eigenvalue weighted by molar-refractivity contribution is 7.80. The number of alkyl halides is 3. The first-order valence-electron chi connectivity index (χ1n) is 8.43. The summed E-state index contributed by atoms with van der Waals surface area (Å²) in [7, 11) is 0. The molecule has 2 heterocycles. The Morgan fingerprint density at radius 2 is 1.85 bits per heavy atom. The topological polar surface area (TPSA) is 40.2 Å². The molecule has 0 unspecified atom stereocenters. The fourth-order valence-electron chi connectivity index (χ4n) is 2.93. The molecule has 1 aromatic carbocycles. The zero-order valence-corrected chi connectivity index (χ0v) is 15.8. The van der Waals surface area contributed by atoms with Crippen molar-refractivity contribution in [3.05, 3.63) is 53.2 Å². The van der Waals surface area contributed by atoms with E-state index in [1.165, 1.54) is 0 Å². The zero-order chi connectivity index (χ0) is 19.4. The first-order valence-corrected chi connectivity index (χ1v) is 9.22. The van der Waals surface area contributed by atoms with Gasteiger partial charge >= 0.3 is 6.18 Å². The Morgan fingerprint density at radius 3 is 2.44 bits per heavy atom. The summed E-state index contributed by atoms with van der Waals surface area (Å²) in [6.45, 7) is 1.26. The lowest BCUT2D eigenvalue weighted by Gasteiger charge is -2.34. The number of thiocarbonyl (C=S) groups is 1. The third-order valence-electron chi connectivity index (χ3n) is 4.31. The van der Waals surface area contributed by atoms with Gasteiger partial charge in [0.15, 0.2) is 5.11 Å². The summed E-state index contributed by atoms with van der Waals surface area (Å²) in [5.74, 6) is 0.383. The molecule has 0 saturated carbocycles. The number of rotatable bonds is 3. The molecule has 27 heavy (non-hydrogen) atoms. The summed E-state index contributed by atoms with van der Waals surface area (Å²) in [5.41, 5.74) is 0.0679. The number of pyridine rings is 1. The van der Waals surface area contributed by atoms with E-state index < -0.39 is 11.7 Å². The molecule has 1 fully saturated rings. The van der Waals surface area contributed by atoms with Crippen LogP contribution >= 0.6 is 23.8 Å². The molecule has 1 aliphatic rings. The second kappa shape index (κ2) is 8.31. The van der Waals surface area contributed by atoms with Crippen LogP contribution < -0.4 is 15.5 Å². The van der Waals surface area contributed by atoms with Crippen molar-refractivity contribution in [2.24, 2.45) is 0 Å². The zero-order valence-electron chi connectivity index (χ0n) is 14.3. The van der Waals surface area contributed by atoms with Gasteiger partial charge in [-0.15, -0.1) is 0 Å². The quantitative estimate of drug-likeness (QED) is 0.712. The molecule has 4 nitrogen and oxygen atoms in total. The van der Waals surface area contributed by atoms with Gasteiger partial charge in [-0.2, -0.15) is 13.2 Å². The van der Waals surface area contributed by atoms with Crippen LogP contribution in [0.1, 0.15) is 18.4 Å². The number of hydrogen-bond donors (Lipinski definition) is 2. The lowest BCUT2D eigenvalue weighted by molar-refractivity contribution is -0.137. The van der Waals surface area contributed by atoms with Crippen LogP contribution in [0.3, 0.4) is 0 Å². The highest BCUT2D eigenvalue weighted by Crippen LogP contribution is 2.34. The fraction of sp³-hybridized carbons (Fsp3) is 0.333. The highest BCUT2D eigenvalue weighted by atomic mass is 35.5. The van der Waals surface area contributed by atoms with Gasteiger partial charge in [-0.05, 0) is 43.3 Å². The van der Waals surface area contributed by atoms with E-state index in [9.17, 15) is 13.2 Å². The molecule has 3 rings (SSSR count). The summed E-state index contributed by atoms with van der Waals surface area (Å²) in [6, 6.07) is 10.7. The number of benzene rings is 1. The molecule has 1 aliphatic heterocycles. The van der Waals surface area contributed by atoms with Gasteiger partial charge in [0.05, 0.1) is 10.6 Å². The number of hydrogen-bond acceptors (Lipinski definition) is 3. The summed E-state index contributed by atoms with van der Waals surface area (Å²) < 4.78 is 38.2. The molecule has 0 aliphatic carbocycles. The van der Waals surface area contributed by atoms with Gasteiger partial charge in [0, 0.05) is 31.0 Å². The molecule has 0 atom stereocenters. The minimum atomic E-state index is -4.45. The number of halogens is 4. The Hall–Kier alpha value is -2.06. The first kappa shape index (κ1) is 19.7. The Labute approximate surface area is 165 Å². The standard InChI is InChI=1S/C18H18ClF3N4S/c19-15-10-12(18(20,21)22)11-23-16(15)26-8-6-14(7-9-26)25-17(27)24-13-4-2-1-3-5-13/h1-5,10-11,14H,6-9H2,(H2,24,25,27). The van der Waals surface area contributed by atoms with Gasteiger partial charge in [0.25, 0.3) is 0 Å². The molecule has 2 N–H and O–H groups in total. The van der Waals surface area contributed by atoms with Crippen LogP contribution in [0.25, 0.3) is 0 Å². The van der Waals surface area contributed by atoms with Crippen molar-refractivity contribution in [2.75, 3.05) is 23.3 Å². The average Bonchev–Trinajstić information content (AvgIpc) is 2.62. The predicted octanol–water partition coefficient (Wildman–Crippen LogP) is 4.71. The normalized spacial score (nSPS) is 15.5. The Kier molecular flexibility index (Phi) is 6.06. The van der Waals surface area contributed by atoms with Crippen LogP contribution in [0, 0.1) is 0 Å². The van der Waals surface area contributed by atoms with Crippen LogP contribution in [-0.4, -0.2) is 29.2 Å². The van der Waals surface area contributed by atoms with Gasteiger partial charge in [0.1, 0.15) is 5.82 Å². The molecule has 0 spiro atoms. The van der Waals surface area contributed by atoms with Gasteiger partial charge in [0.2, 0.25) is 0 Å². The molecule has 1 saturated heterocycles. The van der Waals surface area contributed by atoms with E-state index in [1.807, 2.05) is 35.2 Å². The highest BCUT2D eigenvalue weighted by Gasteiger charge is 2.32. The van der Waals surface area contributed by atoms with Crippen LogP contribution in [-0.2, 0) is 6.18 Å². The molecule has 9 heteroatoms. The van der Waals surface area contributed by atoms with Crippen molar-refractivity contribution in [2.45, 2.75) is 25.1 Å². The molecule has 0 radical (unpaired) electrons. The molecular weight excluding hydrogens is 397 g/mol. The lowest BCUT2D eigenvalue weighted by atomic mass is 10.1. The number of para-hydroxylation sites is 1. The van der Waals surface area contributed by atoms with E-state index in [0.717, 1.165) is 30.8 Å². The first-order chi connectivity index (χ1) is 12.8. The number of nitrogens with zero attached hydrogens (tertiary/aromatic N) is 2. The van der Waals surface area contributed by atoms with Gasteiger partial charge in [-0.1, -0.05) is 29.8 Å². The van der Waals surface area contributed by atoms with Gasteiger partial charge in [-0.3, -0.25) is 0 Å². The van der Waals surface area contributed by atoms with E-state index in [-0.39, 0.29) is 11.1 Å². The van der Waals surface area contributed by atoms with Crippen molar-refractivity contribution < 1.29 is 13.2 Å². The number of nitrogens with one attached hydrogen (secondary N) is 2. The Morgan fingerprint density at radius 1 is 1.19 bits per heavy atom. The van der Waals surface area contributed by atoms with E-state index in [2.05, 4.69) is 15.6 Å². The number of aromatic nitrogens is 1. The van der Waals surface area contributed by atoms with E-state index in [1.54, 1.807) is 0 Å². The van der Waals surface area contributed by atoms with Gasteiger partial charge < -0.3 is 15.5 Å². The molecule has 0 bridgehead atoms. The summed E-state index contributed by atoms with van der Waals surface area (Å²) >= 11 is 11.4. The van der Waals surface area contributed by atoms with Crippen molar-refractivity contribution in [1.29, 1.82) is 0 Å². The van der Waals surface area contributed by atoms with E-state index in [0.29, 0.717) is 24.0 Å². The Bertz CT molecular complexity index is 793. The Balaban J connectivity index is 1.54. The molecule has 2 aromatic rings. The van der Waals surface area contributed by atoms with Crippen molar-refractivity contribution in [1.82, 2.24) is 10.3 Å². The number of anilines is 2. The maximum atomic E-state index is 12.7. The summed E-state index contributed by atoms with van der Waals surface area (Å²) in [5, 5.41) is 6.96. The van der Waals surface area contributed by atoms with Crippen molar-refractivity contribution in [3.8, 4) is 0 Å². The average molecular weight is 415 g/mol. The maximum absolute atomic E-state index is 12.7. The molecule has 1 aromatic heterocycles. The van der Waals surface area contributed by atoms with Gasteiger partial charge in [-0.25, -0.2) is 4.98 Å². The predicted molar refractivity (Wildman–Crippen MR) is 105 cm³/mol. The number of piperidine rings is 1. The van der Waals surface area contributed by atoms with Crippen molar-refractivity contribution in [3.63, 3.8) is 0 Å². The van der Waals surface area contributed by atoms with E-state index >= 15 is 0 Å². The summed E-state index contributed by atoms with van der Waals surface area (Å²) in [6.07, 6.45) is -2.08. The molecular formula is C18H18ClF3N4S. The molecule has 144 valence electrons. The smallest absolute Gasteiger partial charge is 0.360 e. The van der Waals surface area contributed by atoms with E-state index in [4.69, 9.17) is 23.8 Å². The van der Waals surface area contributed by atoms with Crippen LogP contribution in [0.15, 0.2) is 42.6 Å². The van der Waals surface area contributed by atoms with Crippen LogP contribution in [0.5, 0.6) is 0 Å². The third-order valence-corrected chi connectivity index (χ3v) is 4.81.